The molecule has 0 N–H and O–H groups in total. The number of likely N-dealkylation sites (N-methyl/N-ethyl adjacent to an activating group) is 1. The molecule has 0 aromatic heterocycles. The van der Waals surface area contributed by atoms with Crippen LogP contribution >= 0.6 is 0 Å². The average molecular weight is 295 g/mol. The van der Waals surface area contributed by atoms with Crippen LogP contribution in [-0.2, 0) is 23.8 Å². The lowest BCUT2D eigenvalue weighted by Gasteiger charge is -2.28. The van der Waals surface area contributed by atoms with Crippen LogP contribution in [0.3, 0.4) is 0 Å². The Morgan fingerprint density at radius 2 is 1.89 bits per heavy atom. The number of carbonyl (C=O) groups is 1. The summed E-state index contributed by atoms with van der Waals surface area (Å²) in [5, 5.41) is 0. The molecular weight excluding hydrogens is 270 g/mol. The summed E-state index contributed by atoms with van der Waals surface area (Å²) in [4.78, 5) is 11.7. The molecular formula is C12H25NO5S. The number of hydrogen-bond acceptors (Lipinski definition) is 6. The van der Waals surface area contributed by atoms with E-state index in [1.54, 1.807) is 0 Å². The van der Waals surface area contributed by atoms with E-state index in [2.05, 4.69) is 9.64 Å². The van der Waals surface area contributed by atoms with Gasteiger partial charge in [-0.3, -0.25) is 8.98 Å². The first kappa shape index (κ1) is 18.3. The number of likely N-dealkylation sites (tertiary alicyclic amines) is 1. The van der Waals surface area contributed by atoms with Gasteiger partial charge in [0.1, 0.15) is 5.60 Å². The van der Waals surface area contributed by atoms with E-state index in [1.807, 2.05) is 27.8 Å². The zero-order valence-electron chi connectivity index (χ0n) is 12.4. The van der Waals surface area contributed by atoms with Crippen LogP contribution in [0, 0.1) is 0 Å². The van der Waals surface area contributed by atoms with Gasteiger partial charge < -0.3 is 9.64 Å². The Balaban J connectivity index is 0.000000399. The predicted molar refractivity (Wildman–Crippen MR) is 73.3 cm³/mol. The summed E-state index contributed by atoms with van der Waals surface area (Å²) >= 11 is 0. The third-order valence-electron chi connectivity index (χ3n) is 2.29. The van der Waals surface area contributed by atoms with E-state index in [0.29, 0.717) is 13.0 Å². The zero-order valence-corrected chi connectivity index (χ0v) is 13.2. The minimum absolute atomic E-state index is 0.140. The van der Waals surface area contributed by atoms with Gasteiger partial charge in [0.05, 0.1) is 12.4 Å². The van der Waals surface area contributed by atoms with Gasteiger partial charge in [-0.15, -0.1) is 0 Å². The van der Waals surface area contributed by atoms with Crippen LogP contribution in [0.1, 0.15) is 33.6 Å². The number of piperidine rings is 1. The van der Waals surface area contributed by atoms with Crippen LogP contribution < -0.4 is 0 Å². The highest BCUT2D eigenvalue weighted by Gasteiger charge is 2.21. The van der Waals surface area contributed by atoms with Crippen LogP contribution in [-0.4, -0.2) is 57.9 Å². The van der Waals surface area contributed by atoms with Gasteiger partial charge in [0.15, 0.2) is 0 Å². The first-order valence-corrected chi connectivity index (χ1v) is 8.03. The fraction of sp³-hybridized carbons (Fsp3) is 0.917. The summed E-state index contributed by atoms with van der Waals surface area (Å²) in [6, 6.07) is 0. The Bertz CT molecular complexity index is 361. The van der Waals surface area contributed by atoms with E-state index < -0.39 is 10.1 Å². The minimum atomic E-state index is -3.27. The summed E-state index contributed by atoms with van der Waals surface area (Å²) < 4.78 is 31.0. The van der Waals surface area contributed by atoms with Crippen molar-refractivity contribution in [1.82, 2.24) is 4.90 Å². The summed E-state index contributed by atoms with van der Waals surface area (Å²) in [6.07, 6.45) is 2.81. The van der Waals surface area contributed by atoms with Gasteiger partial charge >= 0.3 is 0 Å². The molecule has 0 radical (unpaired) electrons. The van der Waals surface area contributed by atoms with E-state index in [4.69, 9.17) is 4.18 Å². The van der Waals surface area contributed by atoms with Gasteiger partial charge in [-0.2, -0.15) is 8.42 Å². The second kappa shape index (κ2) is 7.81. The standard InChI is InChI=1S/C7H15NO3S.C5H10O2/c1-8-5-3-4-7(6-8)11-12(2,9)10;1-5(2,3)7-4-6/h7H,3-6H2,1-2H3;4H,1-3H3/t7-;/m0./s1. The molecule has 1 heterocycles. The van der Waals surface area contributed by atoms with Crippen LogP contribution in [0.2, 0.25) is 0 Å². The van der Waals surface area contributed by atoms with E-state index in [0.717, 1.165) is 25.6 Å². The van der Waals surface area contributed by atoms with Crippen molar-refractivity contribution < 1.29 is 22.1 Å². The van der Waals surface area contributed by atoms with Crippen molar-refractivity contribution in [2.24, 2.45) is 0 Å². The third-order valence-corrected chi connectivity index (χ3v) is 2.92. The van der Waals surface area contributed by atoms with Gasteiger partial charge in [-0.05, 0) is 47.2 Å². The summed E-state index contributed by atoms with van der Waals surface area (Å²) in [7, 11) is -1.30. The van der Waals surface area contributed by atoms with Gasteiger partial charge in [0.2, 0.25) is 0 Å². The minimum Gasteiger partial charge on any atom is -0.462 e. The van der Waals surface area contributed by atoms with Crippen molar-refractivity contribution in [1.29, 1.82) is 0 Å². The molecule has 0 saturated carbocycles. The molecule has 0 aromatic carbocycles. The molecule has 1 aliphatic rings. The maximum atomic E-state index is 10.8. The first-order valence-electron chi connectivity index (χ1n) is 6.22. The fourth-order valence-electron chi connectivity index (χ4n) is 1.59. The molecule has 0 aromatic rings. The van der Waals surface area contributed by atoms with Gasteiger partial charge in [-0.1, -0.05) is 0 Å². The Morgan fingerprint density at radius 1 is 1.32 bits per heavy atom. The second-order valence-electron chi connectivity index (χ2n) is 5.65. The topological polar surface area (TPSA) is 72.9 Å². The third kappa shape index (κ3) is 12.1. The highest BCUT2D eigenvalue weighted by molar-refractivity contribution is 7.86. The first-order chi connectivity index (χ1) is 8.53. The molecule has 114 valence electrons. The highest BCUT2D eigenvalue weighted by Crippen LogP contribution is 2.12. The normalized spacial score (nSPS) is 21.2. The second-order valence-corrected chi connectivity index (χ2v) is 7.25. The Labute approximate surface area is 116 Å². The van der Waals surface area contributed by atoms with E-state index >= 15 is 0 Å². The average Bonchev–Trinajstić information content (AvgIpc) is 2.13. The SMILES string of the molecule is CC(C)(C)OC=O.CN1CCC[C@H](OS(C)(=O)=O)C1. The Kier molecular flexibility index (Phi) is 7.54. The number of rotatable bonds is 3. The number of carbonyl (C=O) groups excluding carboxylic acids is 1. The predicted octanol–water partition coefficient (Wildman–Crippen LogP) is 1.01. The molecule has 0 bridgehead atoms. The molecule has 0 spiro atoms. The lowest BCUT2D eigenvalue weighted by atomic mass is 10.1. The molecule has 1 aliphatic heterocycles. The number of hydrogen-bond donors (Lipinski definition) is 0. The Morgan fingerprint density at radius 3 is 2.21 bits per heavy atom. The largest absolute Gasteiger partial charge is 0.462 e. The summed E-state index contributed by atoms with van der Waals surface area (Å²) in [5.41, 5.74) is -0.318. The number of ether oxygens (including phenoxy) is 1. The molecule has 1 rings (SSSR count). The van der Waals surface area contributed by atoms with Crippen molar-refractivity contribution in [2.45, 2.75) is 45.3 Å². The molecule has 0 unspecified atom stereocenters. The maximum Gasteiger partial charge on any atom is 0.293 e. The maximum absolute atomic E-state index is 10.8. The smallest absolute Gasteiger partial charge is 0.293 e. The monoisotopic (exact) mass is 295 g/mol. The molecule has 1 fully saturated rings. The van der Waals surface area contributed by atoms with Crippen molar-refractivity contribution in [3.8, 4) is 0 Å². The van der Waals surface area contributed by atoms with Gasteiger partial charge in [0.25, 0.3) is 16.6 Å². The Hall–Kier alpha value is -0.660. The summed E-state index contributed by atoms with van der Waals surface area (Å²) in [5.74, 6) is 0. The van der Waals surface area contributed by atoms with Crippen LogP contribution in [0.4, 0.5) is 0 Å². The van der Waals surface area contributed by atoms with Crippen LogP contribution in [0.15, 0.2) is 0 Å². The molecule has 19 heavy (non-hydrogen) atoms. The van der Waals surface area contributed by atoms with E-state index in [-0.39, 0.29) is 11.7 Å². The molecule has 1 saturated heterocycles. The van der Waals surface area contributed by atoms with E-state index in [1.165, 1.54) is 0 Å². The molecule has 6 nitrogen and oxygen atoms in total. The van der Waals surface area contributed by atoms with Crippen LogP contribution in [0.5, 0.6) is 0 Å². The molecule has 0 aliphatic carbocycles. The quantitative estimate of drug-likeness (QED) is 0.571. The molecule has 0 amide bonds. The van der Waals surface area contributed by atoms with Crippen molar-refractivity contribution in [3.63, 3.8) is 0 Å². The van der Waals surface area contributed by atoms with Gasteiger partial charge in [-0.25, -0.2) is 0 Å². The van der Waals surface area contributed by atoms with Crippen molar-refractivity contribution in [3.05, 3.63) is 0 Å². The molecule has 7 heteroatoms. The summed E-state index contributed by atoms with van der Waals surface area (Å²) in [6.45, 7) is 7.67. The van der Waals surface area contributed by atoms with Gasteiger partial charge in [0, 0.05) is 6.54 Å². The van der Waals surface area contributed by atoms with Crippen molar-refractivity contribution in [2.75, 3.05) is 26.4 Å². The number of nitrogens with zero attached hydrogens (tertiary/aromatic N) is 1. The highest BCUT2D eigenvalue weighted by atomic mass is 32.2. The fourth-order valence-corrected chi connectivity index (χ4v) is 2.24. The zero-order chi connectivity index (χ0) is 15.1. The molecule has 1 atom stereocenters. The lowest BCUT2D eigenvalue weighted by Crippen LogP contribution is -2.37. The lowest BCUT2D eigenvalue weighted by molar-refractivity contribution is -0.138. The van der Waals surface area contributed by atoms with Crippen molar-refractivity contribution >= 4 is 16.6 Å². The van der Waals surface area contributed by atoms with E-state index in [9.17, 15) is 13.2 Å². The van der Waals surface area contributed by atoms with Crippen LogP contribution in [0.25, 0.3) is 0 Å².